The molecular weight excluding hydrogens is 292 g/mol. The van der Waals surface area contributed by atoms with Gasteiger partial charge in [0, 0.05) is 22.8 Å². The van der Waals surface area contributed by atoms with Gasteiger partial charge < -0.3 is 5.73 Å². The number of pyridine rings is 1. The van der Waals surface area contributed by atoms with E-state index < -0.39 is 0 Å². The maximum Gasteiger partial charge on any atom is 0.160 e. The topological polar surface area (TPSA) is 56.2 Å². The maximum atomic E-state index is 5.77. The Bertz CT molecular complexity index is 705. The van der Waals surface area contributed by atoms with Crippen molar-refractivity contribution in [2.45, 2.75) is 6.42 Å². The fourth-order valence-electron chi connectivity index (χ4n) is 1.92. The van der Waals surface area contributed by atoms with Crippen molar-refractivity contribution in [2.24, 2.45) is 0 Å². The van der Waals surface area contributed by atoms with E-state index >= 15 is 0 Å². The highest BCUT2D eigenvalue weighted by molar-refractivity contribution is 9.10. The number of benzene rings is 1. The highest BCUT2D eigenvalue weighted by Gasteiger charge is 2.06. The number of halogens is 1. The summed E-state index contributed by atoms with van der Waals surface area (Å²) in [6, 6.07) is 11.7. The zero-order valence-corrected chi connectivity index (χ0v) is 11.1. The number of anilines is 1. The van der Waals surface area contributed by atoms with Crippen LogP contribution in [0.5, 0.6) is 0 Å². The number of fused-ring (bicyclic) bond motifs is 1. The van der Waals surface area contributed by atoms with Gasteiger partial charge >= 0.3 is 0 Å². The maximum absolute atomic E-state index is 5.77. The molecule has 4 nitrogen and oxygen atoms in total. The number of nitrogens with zero attached hydrogens (tertiary/aromatic N) is 3. The molecule has 0 saturated carbocycles. The molecule has 3 rings (SSSR count). The van der Waals surface area contributed by atoms with Gasteiger partial charge in [-0.25, -0.2) is 0 Å². The molecule has 0 saturated heterocycles. The molecule has 0 atom stereocenters. The molecule has 1 aromatic carbocycles. The Morgan fingerprint density at radius 3 is 2.89 bits per heavy atom. The molecule has 0 spiro atoms. The van der Waals surface area contributed by atoms with E-state index in [0.29, 0.717) is 6.42 Å². The second kappa shape index (κ2) is 4.42. The van der Waals surface area contributed by atoms with Crippen LogP contribution in [0.15, 0.2) is 47.1 Å². The summed E-state index contributed by atoms with van der Waals surface area (Å²) in [5, 5.41) is 8.35. The normalized spacial score (nSPS) is 10.9. The SMILES string of the molecule is Nc1cccc(Cc2nnc3ccc(Br)cn23)c1. The Labute approximate surface area is 113 Å². The van der Waals surface area contributed by atoms with Gasteiger partial charge in [-0.1, -0.05) is 12.1 Å². The number of rotatable bonds is 2. The minimum Gasteiger partial charge on any atom is -0.399 e. The van der Waals surface area contributed by atoms with Crippen LogP contribution in [-0.4, -0.2) is 14.6 Å². The first-order valence-corrected chi connectivity index (χ1v) is 6.35. The Morgan fingerprint density at radius 1 is 1.17 bits per heavy atom. The summed E-state index contributed by atoms with van der Waals surface area (Å²) in [6.45, 7) is 0. The van der Waals surface area contributed by atoms with E-state index in [0.717, 1.165) is 27.2 Å². The predicted molar refractivity (Wildman–Crippen MR) is 74.3 cm³/mol. The minimum atomic E-state index is 0.711. The van der Waals surface area contributed by atoms with Gasteiger partial charge in [0.05, 0.1) is 0 Å². The predicted octanol–water partition coefficient (Wildman–Crippen LogP) is 2.66. The Hall–Kier alpha value is -1.88. The lowest BCUT2D eigenvalue weighted by molar-refractivity contribution is 0.933. The third kappa shape index (κ3) is 2.09. The van der Waals surface area contributed by atoms with E-state index in [4.69, 9.17) is 5.73 Å². The molecule has 2 heterocycles. The summed E-state index contributed by atoms with van der Waals surface area (Å²) in [7, 11) is 0. The zero-order chi connectivity index (χ0) is 12.5. The summed E-state index contributed by atoms with van der Waals surface area (Å²) in [5.74, 6) is 0.900. The first kappa shape index (κ1) is 11.2. The number of hydrogen-bond donors (Lipinski definition) is 1. The van der Waals surface area contributed by atoms with Crippen LogP contribution in [0.4, 0.5) is 5.69 Å². The van der Waals surface area contributed by atoms with E-state index in [9.17, 15) is 0 Å². The van der Waals surface area contributed by atoms with Crippen LogP contribution < -0.4 is 5.73 Å². The lowest BCUT2D eigenvalue weighted by Gasteiger charge is -2.02. The van der Waals surface area contributed by atoms with Crippen molar-refractivity contribution in [1.82, 2.24) is 14.6 Å². The molecule has 2 aromatic heterocycles. The Balaban J connectivity index is 2.02. The first-order valence-electron chi connectivity index (χ1n) is 5.56. The molecule has 0 amide bonds. The second-order valence-electron chi connectivity index (χ2n) is 4.11. The van der Waals surface area contributed by atoms with Crippen LogP contribution in [-0.2, 0) is 6.42 Å². The van der Waals surface area contributed by atoms with Crippen LogP contribution in [0.1, 0.15) is 11.4 Å². The molecule has 0 aliphatic carbocycles. The molecule has 0 fully saturated rings. The van der Waals surface area contributed by atoms with Crippen molar-refractivity contribution in [1.29, 1.82) is 0 Å². The molecule has 0 aliphatic heterocycles. The van der Waals surface area contributed by atoms with Gasteiger partial charge in [-0.2, -0.15) is 0 Å². The summed E-state index contributed by atoms with van der Waals surface area (Å²) in [6.07, 6.45) is 2.68. The van der Waals surface area contributed by atoms with Crippen LogP contribution in [0.25, 0.3) is 5.65 Å². The van der Waals surface area contributed by atoms with E-state index in [2.05, 4.69) is 26.1 Å². The molecule has 3 aromatic rings. The van der Waals surface area contributed by atoms with Crippen molar-refractivity contribution < 1.29 is 0 Å². The third-order valence-corrected chi connectivity index (χ3v) is 3.22. The van der Waals surface area contributed by atoms with Crippen molar-refractivity contribution >= 4 is 27.3 Å². The standard InChI is InChI=1S/C13H11BrN4/c14-10-4-5-12-16-17-13(18(12)8-10)7-9-2-1-3-11(15)6-9/h1-6,8H,7,15H2. The number of nitrogens with two attached hydrogens (primary N) is 1. The molecule has 18 heavy (non-hydrogen) atoms. The number of hydrogen-bond acceptors (Lipinski definition) is 3. The van der Waals surface area contributed by atoms with Crippen molar-refractivity contribution in [2.75, 3.05) is 5.73 Å². The van der Waals surface area contributed by atoms with Gasteiger partial charge in [0.1, 0.15) is 5.82 Å². The average molecular weight is 303 g/mol. The summed E-state index contributed by atoms with van der Waals surface area (Å²) in [5.41, 5.74) is 8.51. The second-order valence-corrected chi connectivity index (χ2v) is 5.03. The fraction of sp³-hybridized carbons (Fsp3) is 0.0769. The van der Waals surface area contributed by atoms with Crippen LogP contribution in [0.2, 0.25) is 0 Å². The van der Waals surface area contributed by atoms with Gasteiger partial charge in [-0.3, -0.25) is 4.40 Å². The lowest BCUT2D eigenvalue weighted by Crippen LogP contribution is -1.97. The molecule has 90 valence electrons. The third-order valence-electron chi connectivity index (χ3n) is 2.75. The molecule has 0 bridgehead atoms. The van der Waals surface area contributed by atoms with Crippen LogP contribution in [0, 0.1) is 0 Å². The zero-order valence-electron chi connectivity index (χ0n) is 9.55. The molecule has 2 N–H and O–H groups in total. The quantitative estimate of drug-likeness (QED) is 0.741. The largest absolute Gasteiger partial charge is 0.399 e. The average Bonchev–Trinajstić information content (AvgIpc) is 2.72. The van der Waals surface area contributed by atoms with Crippen molar-refractivity contribution in [3.8, 4) is 0 Å². The summed E-state index contributed by atoms with van der Waals surface area (Å²) in [4.78, 5) is 0. The highest BCUT2D eigenvalue weighted by Crippen LogP contribution is 2.15. The van der Waals surface area contributed by atoms with Gasteiger partial charge in [0.2, 0.25) is 0 Å². The van der Waals surface area contributed by atoms with Crippen molar-refractivity contribution in [3.63, 3.8) is 0 Å². The molecule has 0 unspecified atom stereocenters. The van der Waals surface area contributed by atoms with Crippen LogP contribution in [0.3, 0.4) is 0 Å². The fourth-order valence-corrected chi connectivity index (χ4v) is 2.26. The Kier molecular flexibility index (Phi) is 2.76. The molecule has 5 heteroatoms. The monoisotopic (exact) mass is 302 g/mol. The van der Waals surface area contributed by atoms with Gasteiger partial charge in [-0.05, 0) is 45.8 Å². The summed E-state index contributed by atoms with van der Waals surface area (Å²) < 4.78 is 2.98. The van der Waals surface area contributed by atoms with Crippen molar-refractivity contribution in [3.05, 3.63) is 58.5 Å². The summed E-state index contributed by atoms with van der Waals surface area (Å²) >= 11 is 3.45. The van der Waals surface area contributed by atoms with Gasteiger partial charge in [0.25, 0.3) is 0 Å². The molecule has 0 aliphatic rings. The minimum absolute atomic E-state index is 0.711. The first-order chi connectivity index (χ1) is 8.72. The van der Waals surface area contributed by atoms with E-state index in [1.165, 1.54) is 0 Å². The van der Waals surface area contributed by atoms with E-state index in [-0.39, 0.29) is 0 Å². The lowest BCUT2D eigenvalue weighted by atomic mass is 10.1. The Morgan fingerprint density at radius 2 is 2.06 bits per heavy atom. The van der Waals surface area contributed by atoms with E-state index in [1.807, 2.05) is 47.0 Å². The van der Waals surface area contributed by atoms with Gasteiger partial charge in [-0.15, -0.1) is 10.2 Å². The smallest absolute Gasteiger partial charge is 0.160 e. The number of nitrogen functional groups attached to an aromatic ring is 1. The van der Waals surface area contributed by atoms with Crippen LogP contribution >= 0.6 is 15.9 Å². The number of aromatic nitrogens is 3. The van der Waals surface area contributed by atoms with E-state index in [1.54, 1.807) is 0 Å². The highest BCUT2D eigenvalue weighted by atomic mass is 79.9. The molecular formula is C13H11BrN4. The van der Waals surface area contributed by atoms with Gasteiger partial charge in [0.15, 0.2) is 5.65 Å². The molecule has 0 radical (unpaired) electrons.